The molecule has 0 bridgehead atoms. The maximum atomic E-state index is 12.6. The maximum absolute atomic E-state index is 12.6. The van der Waals surface area contributed by atoms with E-state index in [1.54, 1.807) is 31.4 Å². The first-order valence-corrected chi connectivity index (χ1v) is 9.43. The van der Waals surface area contributed by atoms with Crippen LogP contribution in [0, 0.1) is 0 Å². The minimum absolute atomic E-state index is 0.131. The third-order valence-electron chi connectivity index (χ3n) is 4.71. The van der Waals surface area contributed by atoms with Gasteiger partial charge in [-0.05, 0) is 49.1 Å². The van der Waals surface area contributed by atoms with Crippen molar-refractivity contribution < 1.29 is 14.3 Å². The lowest BCUT2D eigenvalue weighted by Gasteiger charge is -2.22. The van der Waals surface area contributed by atoms with Gasteiger partial charge >= 0.3 is 0 Å². The van der Waals surface area contributed by atoms with Crippen LogP contribution in [0.3, 0.4) is 0 Å². The number of hydrogen-bond donors (Lipinski definition) is 1. The number of amides is 2. The number of benzene rings is 2. The monoisotopic (exact) mass is 366 g/mol. The van der Waals surface area contributed by atoms with Crippen LogP contribution >= 0.6 is 0 Å². The van der Waals surface area contributed by atoms with Crippen LogP contribution in [0.5, 0.6) is 5.75 Å². The Labute approximate surface area is 160 Å². The van der Waals surface area contributed by atoms with Crippen molar-refractivity contribution in [1.82, 2.24) is 10.2 Å². The van der Waals surface area contributed by atoms with E-state index in [1.807, 2.05) is 23.1 Å². The summed E-state index contributed by atoms with van der Waals surface area (Å²) in [6.07, 6.45) is 3.27. The molecule has 1 N–H and O–H groups in total. The molecule has 0 spiro atoms. The van der Waals surface area contributed by atoms with Gasteiger partial charge in [0.25, 0.3) is 5.91 Å². The second-order valence-corrected chi connectivity index (χ2v) is 6.83. The van der Waals surface area contributed by atoms with E-state index in [1.165, 1.54) is 0 Å². The number of hydrogen-bond acceptors (Lipinski definition) is 3. The molecule has 0 atom stereocenters. The Morgan fingerprint density at radius 3 is 2.41 bits per heavy atom. The first kappa shape index (κ1) is 19.0. The van der Waals surface area contributed by atoms with E-state index in [9.17, 15) is 9.59 Å². The van der Waals surface area contributed by atoms with Crippen molar-refractivity contribution in [2.75, 3.05) is 13.7 Å². The van der Waals surface area contributed by atoms with Crippen LogP contribution in [0.25, 0.3) is 0 Å². The van der Waals surface area contributed by atoms with Gasteiger partial charge in [-0.3, -0.25) is 9.59 Å². The maximum Gasteiger partial charge on any atom is 0.251 e. The van der Waals surface area contributed by atoms with Crippen LogP contribution in [0.1, 0.15) is 41.6 Å². The Bertz CT molecular complexity index is 755. The van der Waals surface area contributed by atoms with E-state index < -0.39 is 0 Å². The van der Waals surface area contributed by atoms with Crippen LogP contribution < -0.4 is 10.1 Å². The van der Waals surface area contributed by atoms with Crippen LogP contribution in [0.2, 0.25) is 0 Å². The van der Waals surface area contributed by atoms with E-state index in [0.29, 0.717) is 37.5 Å². The number of nitrogens with one attached hydrogen (secondary N) is 1. The van der Waals surface area contributed by atoms with Gasteiger partial charge < -0.3 is 15.0 Å². The highest BCUT2D eigenvalue weighted by molar-refractivity contribution is 5.94. The number of nitrogens with zero attached hydrogens (tertiary/aromatic N) is 1. The molecule has 142 valence electrons. The standard InChI is InChI=1S/C22H26N2O3/c1-27-20-13-9-18(10-14-20)22(26)23-15-5-8-21(25)24(19-11-12-19)16-17-6-3-2-4-7-17/h2-4,6-7,9-10,13-14,19H,5,8,11-12,15-16H2,1H3,(H,23,26). The Kier molecular flexibility index (Phi) is 6.47. The van der Waals surface area contributed by atoms with Gasteiger partial charge in [0, 0.05) is 31.1 Å². The van der Waals surface area contributed by atoms with Gasteiger partial charge in [0.15, 0.2) is 0 Å². The lowest BCUT2D eigenvalue weighted by atomic mass is 10.2. The van der Waals surface area contributed by atoms with Crippen molar-refractivity contribution in [1.29, 1.82) is 0 Å². The van der Waals surface area contributed by atoms with Gasteiger partial charge in [-0.2, -0.15) is 0 Å². The molecule has 3 rings (SSSR count). The van der Waals surface area contributed by atoms with Crippen LogP contribution in [-0.2, 0) is 11.3 Å². The zero-order chi connectivity index (χ0) is 19.1. The number of ether oxygens (including phenoxy) is 1. The number of methoxy groups -OCH3 is 1. The summed E-state index contributed by atoms with van der Waals surface area (Å²) in [5.74, 6) is 0.754. The molecule has 1 aliphatic carbocycles. The summed E-state index contributed by atoms with van der Waals surface area (Å²) in [6.45, 7) is 1.16. The third kappa shape index (κ3) is 5.58. The number of carbonyl (C=O) groups is 2. The molecule has 2 aromatic carbocycles. The number of rotatable bonds is 9. The van der Waals surface area contributed by atoms with Crippen molar-refractivity contribution in [2.24, 2.45) is 0 Å². The molecule has 0 radical (unpaired) electrons. The molecule has 1 fully saturated rings. The third-order valence-corrected chi connectivity index (χ3v) is 4.71. The van der Waals surface area contributed by atoms with Crippen molar-refractivity contribution in [3.8, 4) is 5.75 Å². The van der Waals surface area contributed by atoms with E-state index in [0.717, 1.165) is 24.2 Å². The van der Waals surface area contributed by atoms with Crippen LogP contribution in [0.15, 0.2) is 54.6 Å². The Hall–Kier alpha value is -2.82. The van der Waals surface area contributed by atoms with Crippen LogP contribution in [-0.4, -0.2) is 36.4 Å². The van der Waals surface area contributed by atoms with Crippen molar-refractivity contribution in [2.45, 2.75) is 38.3 Å². The summed E-state index contributed by atoms with van der Waals surface area (Å²) in [6, 6.07) is 17.5. The molecule has 27 heavy (non-hydrogen) atoms. The fourth-order valence-electron chi connectivity index (χ4n) is 3.02. The zero-order valence-corrected chi connectivity index (χ0v) is 15.7. The summed E-state index contributed by atoms with van der Waals surface area (Å²) >= 11 is 0. The van der Waals surface area contributed by atoms with Gasteiger partial charge in [0.1, 0.15) is 5.75 Å². The smallest absolute Gasteiger partial charge is 0.251 e. The van der Waals surface area contributed by atoms with Crippen molar-refractivity contribution >= 4 is 11.8 Å². The van der Waals surface area contributed by atoms with E-state index in [-0.39, 0.29) is 11.8 Å². The average Bonchev–Trinajstić information content (AvgIpc) is 3.55. The second kappa shape index (κ2) is 9.21. The molecule has 0 heterocycles. The average molecular weight is 366 g/mol. The molecule has 1 saturated carbocycles. The van der Waals surface area contributed by atoms with Crippen molar-refractivity contribution in [3.05, 3.63) is 65.7 Å². The van der Waals surface area contributed by atoms with E-state index in [2.05, 4.69) is 17.4 Å². The molecular formula is C22H26N2O3. The fraction of sp³-hybridized carbons (Fsp3) is 0.364. The summed E-state index contributed by atoms with van der Waals surface area (Å²) < 4.78 is 5.09. The van der Waals surface area contributed by atoms with Crippen LogP contribution in [0.4, 0.5) is 0 Å². The summed E-state index contributed by atoms with van der Waals surface area (Å²) in [7, 11) is 1.59. The molecule has 2 amide bonds. The van der Waals surface area contributed by atoms with E-state index >= 15 is 0 Å². The lowest BCUT2D eigenvalue weighted by Crippen LogP contribution is -2.33. The van der Waals surface area contributed by atoms with Gasteiger partial charge in [-0.1, -0.05) is 30.3 Å². The first-order valence-electron chi connectivity index (χ1n) is 9.43. The predicted molar refractivity (Wildman–Crippen MR) is 105 cm³/mol. The summed E-state index contributed by atoms with van der Waals surface area (Å²) in [5.41, 5.74) is 1.75. The highest BCUT2D eigenvalue weighted by Gasteiger charge is 2.32. The highest BCUT2D eigenvalue weighted by atomic mass is 16.5. The molecule has 5 heteroatoms. The van der Waals surface area contributed by atoms with Gasteiger partial charge in [0.2, 0.25) is 5.91 Å². The summed E-state index contributed by atoms with van der Waals surface area (Å²) in [4.78, 5) is 26.7. The lowest BCUT2D eigenvalue weighted by molar-refractivity contribution is -0.132. The topological polar surface area (TPSA) is 58.6 Å². The van der Waals surface area contributed by atoms with Gasteiger partial charge in [0.05, 0.1) is 7.11 Å². The van der Waals surface area contributed by atoms with Gasteiger partial charge in [-0.25, -0.2) is 0 Å². The molecule has 1 aliphatic rings. The summed E-state index contributed by atoms with van der Waals surface area (Å²) in [5, 5.41) is 2.87. The Morgan fingerprint density at radius 2 is 1.78 bits per heavy atom. The Morgan fingerprint density at radius 1 is 1.07 bits per heavy atom. The first-order chi connectivity index (χ1) is 13.2. The molecular weight excluding hydrogens is 340 g/mol. The molecule has 5 nitrogen and oxygen atoms in total. The number of carbonyl (C=O) groups excluding carboxylic acids is 2. The largest absolute Gasteiger partial charge is 0.497 e. The van der Waals surface area contributed by atoms with Crippen molar-refractivity contribution in [3.63, 3.8) is 0 Å². The quantitative estimate of drug-likeness (QED) is 0.692. The zero-order valence-electron chi connectivity index (χ0n) is 15.7. The molecule has 0 aromatic heterocycles. The predicted octanol–water partition coefficient (Wildman–Crippen LogP) is 3.40. The van der Waals surface area contributed by atoms with Gasteiger partial charge in [-0.15, -0.1) is 0 Å². The molecule has 0 aliphatic heterocycles. The molecule has 0 saturated heterocycles. The SMILES string of the molecule is COc1ccc(C(=O)NCCCC(=O)N(Cc2ccccc2)C2CC2)cc1. The molecule has 0 unspecified atom stereocenters. The minimum Gasteiger partial charge on any atom is -0.497 e. The normalized spacial score (nSPS) is 13.1. The Balaban J connectivity index is 1.43. The molecule has 2 aromatic rings. The fourth-order valence-corrected chi connectivity index (χ4v) is 3.02. The second-order valence-electron chi connectivity index (χ2n) is 6.83. The van der Waals surface area contributed by atoms with E-state index in [4.69, 9.17) is 4.74 Å². The minimum atomic E-state index is -0.131. The highest BCUT2D eigenvalue weighted by Crippen LogP contribution is 2.29.